The molecule has 0 radical (unpaired) electrons. The summed E-state index contributed by atoms with van der Waals surface area (Å²) in [6, 6.07) is -0.863. The minimum Gasteiger partial charge on any atom is -0.480 e. The van der Waals surface area contributed by atoms with Crippen LogP contribution in [0.1, 0.15) is 19.3 Å². The van der Waals surface area contributed by atoms with Crippen molar-refractivity contribution in [3.63, 3.8) is 0 Å². The SMILES string of the molecule is CN[C@@H](CC(N)=O)C(=O)O.NC1(C(=O)O)CC1. The third-order valence-corrected chi connectivity index (χ3v) is 2.27. The summed E-state index contributed by atoms with van der Waals surface area (Å²) in [7, 11) is 1.46. The average Bonchev–Trinajstić information content (AvgIpc) is 2.94. The second kappa shape index (κ2) is 6.16. The first-order valence-corrected chi connectivity index (χ1v) is 4.93. The molecular weight excluding hydrogens is 230 g/mol. The second-order valence-electron chi connectivity index (χ2n) is 3.81. The van der Waals surface area contributed by atoms with E-state index in [1.165, 1.54) is 7.05 Å². The minimum atomic E-state index is -1.07. The smallest absolute Gasteiger partial charge is 0.323 e. The highest BCUT2D eigenvalue weighted by atomic mass is 16.4. The van der Waals surface area contributed by atoms with Gasteiger partial charge < -0.3 is 27.0 Å². The summed E-state index contributed by atoms with van der Waals surface area (Å²) in [4.78, 5) is 30.3. The molecule has 1 aliphatic rings. The maximum Gasteiger partial charge on any atom is 0.323 e. The lowest BCUT2D eigenvalue weighted by molar-refractivity contribution is -0.141. The molecule has 1 saturated carbocycles. The van der Waals surface area contributed by atoms with Crippen molar-refractivity contribution in [3.05, 3.63) is 0 Å². The normalized spacial score (nSPS) is 17.3. The maximum absolute atomic E-state index is 10.2. The van der Waals surface area contributed by atoms with E-state index in [1.807, 2.05) is 0 Å². The van der Waals surface area contributed by atoms with Gasteiger partial charge >= 0.3 is 11.9 Å². The maximum atomic E-state index is 10.2. The van der Waals surface area contributed by atoms with Crippen molar-refractivity contribution < 1.29 is 24.6 Å². The van der Waals surface area contributed by atoms with Gasteiger partial charge in [0.25, 0.3) is 0 Å². The molecule has 8 nitrogen and oxygen atoms in total. The van der Waals surface area contributed by atoms with Gasteiger partial charge in [-0.25, -0.2) is 0 Å². The fraction of sp³-hybridized carbons (Fsp3) is 0.667. The van der Waals surface area contributed by atoms with E-state index in [0.717, 1.165) is 0 Å². The molecular formula is C9H17N3O5. The van der Waals surface area contributed by atoms with Gasteiger partial charge in [0.15, 0.2) is 0 Å². The van der Waals surface area contributed by atoms with Crippen molar-refractivity contribution in [2.75, 3.05) is 7.05 Å². The molecule has 7 N–H and O–H groups in total. The van der Waals surface area contributed by atoms with Crippen LogP contribution in [0.25, 0.3) is 0 Å². The zero-order valence-corrected chi connectivity index (χ0v) is 9.47. The van der Waals surface area contributed by atoms with Gasteiger partial charge in [0.2, 0.25) is 5.91 Å². The van der Waals surface area contributed by atoms with Crippen LogP contribution in [0.3, 0.4) is 0 Å². The molecule has 1 atom stereocenters. The zero-order chi connectivity index (χ0) is 13.6. The fourth-order valence-corrected chi connectivity index (χ4v) is 0.863. The fourth-order valence-electron chi connectivity index (χ4n) is 0.863. The third kappa shape index (κ3) is 5.83. The summed E-state index contributed by atoms with van der Waals surface area (Å²) in [5.74, 6) is -2.56. The Kier molecular flexibility index (Phi) is 5.56. The largest absolute Gasteiger partial charge is 0.480 e. The Balaban J connectivity index is 0.000000318. The van der Waals surface area contributed by atoms with Gasteiger partial charge in [0, 0.05) is 0 Å². The number of carboxylic acid groups (broad SMARTS) is 2. The Morgan fingerprint density at radius 1 is 1.35 bits per heavy atom. The van der Waals surface area contributed by atoms with Crippen molar-refractivity contribution in [2.45, 2.75) is 30.8 Å². The van der Waals surface area contributed by atoms with Crippen molar-refractivity contribution in [2.24, 2.45) is 11.5 Å². The number of rotatable bonds is 5. The lowest BCUT2D eigenvalue weighted by atomic mass is 10.2. The van der Waals surface area contributed by atoms with Crippen LogP contribution in [0.5, 0.6) is 0 Å². The van der Waals surface area contributed by atoms with Gasteiger partial charge in [-0.3, -0.25) is 14.4 Å². The Labute approximate surface area is 98.0 Å². The lowest BCUT2D eigenvalue weighted by Crippen LogP contribution is -2.37. The lowest BCUT2D eigenvalue weighted by Gasteiger charge is -2.06. The number of primary amides is 1. The Hall–Kier alpha value is -1.67. The van der Waals surface area contributed by atoms with Gasteiger partial charge in [-0.05, 0) is 19.9 Å². The van der Waals surface area contributed by atoms with E-state index in [1.54, 1.807) is 0 Å². The summed E-state index contributed by atoms with van der Waals surface area (Å²) in [5, 5.41) is 19.0. The molecule has 0 spiro atoms. The number of carbonyl (C=O) groups is 3. The standard InChI is InChI=1S/C5H10N2O3.C4H7NO2/c1-7-3(5(9)10)2-4(6)8;5-4(1-2-4)3(6)7/h3,7H,2H2,1H3,(H2,6,8)(H,9,10);1-2,5H2,(H,6,7)/t3-;/m0./s1. The summed E-state index contributed by atoms with van der Waals surface area (Å²) >= 11 is 0. The average molecular weight is 247 g/mol. The van der Waals surface area contributed by atoms with Crippen LogP contribution in [0.15, 0.2) is 0 Å². The quantitative estimate of drug-likeness (QED) is 0.379. The van der Waals surface area contributed by atoms with Gasteiger partial charge in [-0.1, -0.05) is 0 Å². The van der Waals surface area contributed by atoms with Crippen LogP contribution in [-0.2, 0) is 14.4 Å². The van der Waals surface area contributed by atoms with Gasteiger partial charge in [-0.15, -0.1) is 0 Å². The first-order valence-electron chi connectivity index (χ1n) is 4.93. The molecule has 0 aromatic rings. The molecule has 0 aromatic heterocycles. The predicted octanol–water partition coefficient (Wildman–Crippen LogP) is -1.90. The van der Waals surface area contributed by atoms with Crippen molar-refractivity contribution in [3.8, 4) is 0 Å². The molecule has 1 amide bonds. The molecule has 1 rings (SSSR count). The number of carboxylic acids is 2. The highest BCUT2D eigenvalue weighted by molar-refractivity contribution is 5.83. The number of nitrogens with one attached hydrogen (secondary N) is 1. The van der Waals surface area contributed by atoms with Crippen LogP contribution in [0.4, 0.5) is 0 Å². The molecule has 8 heteroatoms. The minimum absolute atomic E-state index is 0.175. The number of aliphatic carboxylic acids is 2. The van der Waals surface area contributed by atoms with Crippen LogP contribution in [0.2, 0.25) is 0 Å². The molecule has 0 unspecified atom stereocenters. The number of carbonyl (C=O) groups excluding carboxylic acids is 1. The zero-order valence-electron chi connectivity index (χ0n) is 9.47. The summed E-state index contributed by atoms with van der Waals surface area (Å²) in [5.41, 5.74) is 9.12. The van der Waals surface area contributed by atoms with Gasteiger partial charge in [0.1, 0.15) is 11.6 Å². The second-order valence-corrected chi connectivity index (χ2v) is 3.81. The summed E-state index contributed by atoms with van der Waals surface area (Å²) in [6.07, 6.45) is 1.11. The first kappa shape index (κ1) is 15.3. The Morgan fingerprint density at radius 3 is 1.88 bits per heavy atom. The highest BCUT2D eigenvalue weighted by Crippen LogP contribution is 2.31. The molecule has 1 aliphatic carbocycles. The number of nitrogens with two attached hydrogens (primary N) is 2. The molecule has 0 bridgehead atoms. The van der Waals surface area contributed by atoms with Crippen LogP contribution < -0.4 is 16.8 Å². The molecule has 0 saturated heterocycles. The molecule has 0 aliphatic heterocycles. The van der Waals surface area contributed by atoms with E-state index < -0.39 is 29.4 Å². The molecule has 0 aromatic carbocycles. The van der Waals surface area contributed by atoms with Gasteiger partial charge in [-0.2, -0.15) is 0 Å². The van der Waals surface area contributed by atoms with Crippen molar-refractivity contribution >= 4 is 17.8 Å². The molecule has 0 heterocycles. The predicted molar refractivity (Wildman–Crippen MR) is 58.1 cm³/mol. The summed E-state index contributed by atoms with van der Waals surface area (Å²) in [6.45, 7) is 0. The van der Waals surface area contributed by atoms with E-state index in [9.17, 15) is 14.4 Å². The summed E-state index contributed by atoms with van der Waals surface area (Å²) < 4.78 is 0. The highest BCUT2D eigenvalue weighted by Gasteiger charge is 2.46. The van der Waals surface area contributed by atoms with Gasteiger partial charge in [0.05, 0.1) is 6.42 Å². The monoisotopic (exact) mass is 247 g/mol. The molecule has 17 heavy (non-hydrogen) atoms. The van der Waals surface area contributed by atoms with Crippen molar-refractivity contribution in [1.82, 2.24) is 5.32 Å². The number of amides is 1. The number of hydrogen-bond acceptors (Lipinski definition) is 5. The molecule has 98 valence electrons. The Bertz CT molecular complexity index is 314. The topological polar surface area (TPSA) is 156 Å². The van der Waals surface area contributed by atoms with E-state index in [0.29, 0.717) is 12.8 Å². The Morgan fingerprint density at radius 2 is 1.82 bits per heavy atom. The van der Waals surface area contributed by atoms with E-state index in [-0.39, 0.29) is 6.42 Å². The van der Waals surface area contributed by atoms with Crippen LogP contribution in [0, 0.1) is 0 Å². The molecule has 1 fully saturated rings. The van der Waals surface area contributed by atoms with Crippen LogP contribution in [-0.4, -0.2) is 46.7 Å². The van der Waals surface area contributed by atoms with E-state index in [2.05, 4.69) is 5.32 Å². The first-order chi connectivity index (χ1) is 7.73. The number of likely N-dealkylation sites (N-methyl/N-ethyl adjacent to an activating group) is 1. The van der Waals surface area contributed by atoms with Crippen molar-refractivity contribution in [1.29, 1.82) is 0 Å². The van der Waals surface area contributed by atoms with Crippen LogP contribution >= 0.6 is 0 Å². The van der Waals surface area contributed by atoms with E-state index in [4.69, 9.17) is 21.7 Å². The number of hydrogen-bond donors (Lipinski definition) is 5. The third-order valence-electron chi connectivity index (χ3n) is 2.27. The van der Waals surface area contributed by atoms with E-state index >= 15 is 0 Å².